The van der Waals surface area contributed by atoms with E-state index in [-0.39, 0.29) is 12.3 Å². The molecule has 0 aliphatic rings. The Hall–Kier alpha value is -2.46. The molecule has 1 aromatic heterocycles. The van der Waals surface area contributed by atoms with Crippen molar-refractivity contribution in [2.75, 3.05) is 6.54 Å². The van der Waals surface area contributed by atoms with E-state index < -0.39 is 35.9 Å². The van der Waals surface area contributed by atoms with E-state index in [4.69, 9.17) is 11.5 Å². The molecule has 0 radical (unpaired) electrons. The van der Waals surface area contributed by atoms with Crippen molar-refractivity contribution in [2.45, 2.75) is 64.1 Å². The minimum Gasteiger partial charge on any atom is -0.480 e. The molecule has 158 valence electrons. The van der Waals surface area contributed by atoms with Crippen molar-refractivity contribution < 1.29 is 19.5 Å². The second-order valence-electron chi connectivity index (χ2n) is 6.94. The van der Waals surface area contributed by atoms with Crippen LogP contribution in [0.5, 0.6) is 0 Å². The number of nitrogens with one attached hydrogen (secondary N) is 3. The van der Waals surface area contributed by atoms with Crippen LogP contribution in [0.3, 0.4) is 0 Å². The molecule has 2 amide bonds. The second-order valence-corrected chi connectivity index (χ2v) is 6.94. The normalized spacial score (nSPS) is 15.3. The maximum Gasteiger partial charge on any atom is 0.326 e. The molecule has 0 bridgehead atoms. The lowest BCUT2D eigenvalue weighted by Gasteiger charge is -2.25. The van der Waals surface area contributed by atoms with Crippen LogP contribution in [-0.2, 0) is 20.8 Å². The van der Waals surface area contributed by atoms with Gasteiger partial charge in [0.1, 0.15) is 12.1 Å². The van der Waals surface area contributed by atoms with Crippen molar-refractivity contribution in [3.05, 3.63) is 18.2 Å². The summed E-state index contributed by atoms with van der Waals surface area (Å²) in [6.45, 7) is 4.11. The number of hydrogen-bond acceptors (Lipinski definition) is 6. The van der Waals surface area contributed by atoms with E-state index in [9.17, 15) is 19.5 Å². The van der Waals surface area contributed by atoms with Gasteiger partial charge in [-0.1, -0.05) is 26.7 Å². The quantitative estimate of drug-likeness (QED) is 0.244. The Morgan fingerprint density at radius 3 is 2.50 bits per heavy atom. The van der Waals surface area contributed by atoms with Gasteiger partial charge in [0.15, 0.2) is 0 Å². The molecule has 0 aliphatic heterocycles. The van der Waals surface area contributed by atoms with E-state index in [1.54, 1.807) is 6.92 Å². The van der Waals surface area contributed by atoms with Crippen LogP contribution in [0.4, 0.5) is 0 Å². The lowest BCUT2D eigenvalue weighted by Crippen LogP contribution is -2.56. The van der Waals surface area contributed by atoms with Crippen LogP contribution in [0.15, 0.2) is 12.5 Å². The number of H-pyrrole nitrogens is 1. The minimum absolute atomic E-state index is 0.139. The van der Waals surface area contributed by atoms with E-state index in [2.05, 4.69) is 20.6 Å². The van der Waals surface area contributed by atoms with E-state index in [1.807, 2.05) is 6.92 Å². The van der Waals surface area contributed by atoms with Crippen molar-refractivity contribution in [3.63, 3.8) is 0 Å². The number of aromatic amines is 1. The molecule has 10 heteroatoms. The van der Waals surface area contributed by atoms with Gasteiger partial charge in [-0.3, -0.25) is 9.59 Å². The predicted molar refractivity (Wildman–Crippen MR) is 104 cm³/mol. The fourth-order valence-corrected chi connectivity index (χ4v) is 2.68. The zero-order chi connectivity index (χ0) is 21.1. The Kier molecular flexibility index (Phi) is 10.2. The maximum atomic E-state index is 12.7. The van der Waals surface area contributed by atoms with Gasteiger partial charge < -0.3 is 32.2 Å². The number of carboxylic acid groups (broad SMARTS) is 1. The lowest BCUT2D eigenvalue weighted by molar-refractivity contribution is -0.143. The van der Waals surface area contributed by atoms with E-state index in [0.29, 0.717) is 31.5 Å². The molecule has 1 rings (SSSR count). The van der Waals surface area contributed by atoms with Crippen molar-refractivity contribution in [2.24, 2.45) is 17.4 Å². The standard InChI is InChI=1S/C18H32N6O4/c1-3-11(2)15(18(27)28)24-17(26)14(8-12-9-21-10-22-12)23-16(25)13(20)6-4-5-7-19/h9-11,13-15H,3-8,19-20H2,1-2H3,(H,21,22)(H,23,25)(H,24,26)(H,27,28)/t11-,13-,14-,15-/m0/s1. The molecule has 0 fully saturated rings. The minimum atomic E-state index is -1.12. The fraction of sp³-hybridized carbons (Fsp3) is 0.667. The van der Waals surface area contributed by atoms with Gasteiger partial charge in [0.2, 0.25) is 11.8 Å². The average molecular weight is 396 g/mol. The monoisotopic (exact) mass is 396 g/mol. The molecular weight excluding hydrogens is 364 g/mol. The van der Waals surface area contributed by atoms with Gasteiger partial charge in [-0.2, -0.15) is 0 Å². The largest absolute Gasteiger partial charge is 0.480 e. The summed E-state index contributed by atoms with van der Waals surface area (Å²) in [7, 11) is 0. The molecule has 0 aromatic carbocycles. The number of carboxylic acids is 1. The van der Waals surface area contributed by atoms with Gasteiger partial charge in [0, 0.05) is 18.3 Å². The molecular formula is C18H32N6O4. The summed E-state index contributed by atoms with van der Waals surface area (Å²) >= 11 is 0. The third-order valence-corrected chi connectivity index (χ3v) is 4.69. The Balaban J connectivity index is 2.84. The highest BCUT2D eigenvalue weighted by molar-refractivity contribution is 5.92. The summed E-state index contributed by atoms with van der Waals surface area (Å²) in [6.07, 6.45) is 5.64. The molecule has 0 saturated heterocycles. The number of unbranched alkanes of at least 4 members (excludes halogenated alkanes) is 1. The highest BCUT2D eigenvalue weighted by atomic mass is 16.4. The van der Waals surface area contributed by atoms with Crippen LogP contribution in [-0.4, -0.2) is 57.5 Å². The number of nitrogens with two attached hydrogens (primary N) is 2. The number of hydrogen-bond donors (Lipinski definition) is 6. The molecule has 10 nitrogen and oxygen atoms in total. The van der Waals surface area contributed by atoms with Gasteiger partial charge in [-0.15, -0.1) is 0 Å². The summed E-state index contributed by atoms with van der Waals surface area (Å²) in [6, 6.07) is -2.79. The molecule has 1 aromatic rings. The van der Waals surface area contributed by atoms with E-state index in [1.165, 1.54) is 12.5 Å². The first kappa shape index (κ1) is 23.6. The zero-order valence-corrected chi connectivity index (χ0v) is 16.5. The van der Waals surface area contributed by atoms with E-state index >= 15 is 0 Å². The predicted octanol–water partition coefficient (Wildman–Crippen LogP) is -0.491. The van der Waals surface area contributed by atoms with Gasteiger partial charge in [0.25, 0.3) is 0 Å². The van der Waals surface area contributed by atoms with Crippen molar-refractivity contribution in [1.29, 1.82) is 0 Å². The van der Waals surface area contributed by atoms with Gasteiger partial charge >= 0.3 is 5.97 Å². The number of amides is 2. The number of carbonyl (C=O) groups is 3. The number of nitrogens with zero attached hydrogens (tertiary/aromatic N) is 1. The zero-order valence-electron chi connectivity index (χ0n) is 16.5. The molecule has 0 spiro atoms. The maximum absolute atomic E-state index is 12.7. The van der Waals surface area contributed by atoms with Crippen LogP contribution in [0.25, 0.3) is 0 Å². The summed E-state index contributed by atoms with van der Waals surface area (Å²) in [4.78, 5) is 43.4. The summed E-state index contributed by atoms with van der Waals surface area (Å²) < 4.78 is 0. The van der Waals surface area contributed by atoms with Crippen LogP contribution >= 0.6 is 0 Å². The third kappa shape index (κ3) is 7.65. The van der Waals surface area contributed by atoms with Gasteiger partial charge in [-0.25, -0.2) is 9.78 Å². The first-order valence-electron chi connectivity index (χ1n) is 9.56. The topological polar surface area (TPSA) is 176 Å². The smallest absolute Gasteiger partial charge is 0.326 e. The fourth-order valence-electron chi connectivity index (χ4n) is 2.68. The van der Waals surface area contributed by atoms with Gasteiger partial charge in [-0.05, 0) is 25.3 Å². The molecule has 8 N–H and O–H groups in total. The molecule has 1 heterocycles. The highest BCUT2D eigenvalue weighted by Crippen LogP contribution is 2.09. The Morgan fingerprint density at radius 2 is 1.96 bits per heavy atom. The number of carbonyl (C=O) groups excluding carboxylic acids is 2. The SMILES string of the molecule is CC[C@H](C)[C@H](NC(=O)[C@H](Cc1cnc[nH]1)NC(=O)[C@@H](N)CCCCN)C(=O)O. The van der Waals surface area contributed by atoms with Crippen LogP contribution in [0, 0.1) is 5.92 Å². The Morgan fingerprint density at radius 1 is 1.25 bits per heavy atom. The van der Waals surface area contributed by atoms with Crippen LogP contribution in [0.1, 0.15) is 45.2 Å². The van der Waals surface area contributed by atoms with Crippen LogP contribution in [0.2, 0.25) is 0 Å². The number of rotatable bonds is 13. The lowest BCUT2D eigenvalue weighted by atomic mass is 9.98. The Labute approximate surface area is 164 Å². The molecule has 4 atom stereocenters. The van der Waals surface area contributed by atoms with Gasteiger partial charge in [0.05, 0.1) is 12.4 Å². The van der Waals surface area contributed by atoms with E-state index in [0.717, 1.165) is 6.42 Å². The molecule has 0 unspecified atom stereocenters. The highest BCUT2D eigenvalue weighted by Gasteiger charge is 2.30. The summed E-state index contributed by atoms with van der Waals surface area (Å²) in [5.41, 5.74) is 12.0. The number of aliphatic carboxylic acids is 1. The average Bonchev–Trinajstić information content (AvgIpc) is 3.17. The van der Waals surface area contributed by atoms with Crippen LogP contribution < -0.4 is 22.1 Å². The first-order chi connectivity index (χ1) is 13.3. The second kappa shape index (κ2) is 12.1. The van der Waals surface area contributed by atoms with Crippen molar-refractivity contribution >= 4 is 17.8 Å². The van der Waals surface area contributed by atoms with Crippen molar-refractivity contribution in [1.82, 2.24) is 20.6 Å². The first-order valence-corrected chi connectivity index (χ1v) is 9.56. The number of aromatic nitrogens is 2. The Bertz CT molecular complexity index is 622. The summed E-state index contributed by atoms with van der Waals surface area (Å²) in [5, 5.41) is 14.6. The summed E-state index contributed by atoms with van der Waals surface area (Å²) in [5.74, 6) is -2.42. The molecule has 0 saturated carbocycles. The molecule has 0 aliphatic carbocycles. The third-order valence-electron chi connectivity index (χ3n) is 4.69. The molecule has 28 heavy (non-hydrogen) atoms. The number of imidazole rings is 1. The van der Waals surface area contributed by atoms with Crippen molar-refractivity contribution in [3.8, 4) is 0 Å².